The van der Waals surface area contributed by atoms with E-state index in [1.54, 1.807) is 48.4 Å². The van der Waals surface area contributed by atoms with Gasteiger partial charge < -0.3 is 19.1 Å². The Kier molecular flexibility index (Phi) is 9.98. The Bertz CT molecular complexity index is 1850. The van der Waals surface area contributed by atoms with E-state index in [-0.39, 0.29) is 36.2 Å². The second kappa shape index (κ2) is 14.3. The first kappa shape index (κ1) is 32.1. The molecule has 0 spiro atoms. The Morgan fingerprint density at radius 3 is 2.30 bits per heavy atom. The standard InChI is InChI=1S/C35H36N4O5S2/c1-24-32(22-45-35-38-36-23-39(35)2)43-34(44-33(24)28-13-11-25(21-40)12-14-28)29-17-15-27(16-18-29)30-8-6-7-26(19-30)20-37-46(41,42)31-9-4-3-5-10-31/h3-19,23-24,32-34,37,40H,20-22H2,1-2H3. The van der Waals surface area contributed by atoms with Gasteiger partial charge in [-0.2, -0.15) is 0 Å². The van der Waals surface area contributed by atoms with Crippen molar-refractivity contribution in [1.29, 1.82) is 0 Å². The summed E-state index contributed by atoms with van der Waals surface area (Å²) in [6, 6.07) is 32.1. The summed E-state index contributed by atoms with van der Waals surface area (Å²) in [4.78, 5) is 0.238. The fourth-order valence-corrected chi connectivity index (χ4v) is 7.51. The molecule has 2 heterocycles. The van der Waals surface area contributed by atoms with Crippen molar-refractivity contribution in [2.24, 2.45) is 13.0 Å². The number of thioether (sulfide) groups is 1. The lowest BCUT2D eigenvalue weighted by molar-refractivity contribution is -0.268. The summed E-state index contributed by atoms with van der Waals surface area (Å²) in [5.41, 5.74) is 5.60. The molecule has 1 aliphatic heterocycles. The molecule has 0 aliphatic carbocycles. The largest absolute Gasteiger partial charge is 0.392 e. The maximum absolute atomic E-state index is 12.7. The second-order valence-corrected chi connectivity index (χ2v) is 14.1. The first-order valence-corrected chi connectivity index (χ1v) is 17.5. The van der Waals surface area contributed by atoms with Gasteiger partial charge in [-0.25, -0.2) is 13.1 Å². The minimum atomic E-state index is -3.61. The Hall–Kier alpha value is -3.84. The van der Waals surface area contributed by atoms with Gasteiger partial charge in [-0.1, -0.05) is 104 Å². The van der Waals surface area contributed by atoms with Gasteiger partial charge in [0.1, 0.15) is 6.33 Å². The number of aromatic nitrogens is 3. The molecule has 238 valence electrons. The minimum Gasteiger partial charge on any atom is -0.392 e. The van der Waals surface area contributed by atoms with E-state index in [2.05, 4.69) is 21.8 Å². The molecular formula is C35H36N4O5S2. The fourth-order valence-electron chi connectivity index (χ4n) is 5.42. The lowest BCUT2D eigenvalue weighted by atomic mass is 9.91. The molecule has 0 radical (unpaired) electrons. The van der Waals surface area contributed by atoms with E-state index < -0.39 is 16.3 Å². The smallest absolute Gasteiger partial charge is 0.240 e. The average Bonchev–Trinajstić information content (AvgIpc) is 3.52. The predicted octanol–water partition coefficient (Wildman–Crippen LogP) is 6.04. The van der Waals surface area contributed by atoms with Crippen molar-refractivity contribution in [1.82, 2.24) is 19.5 Å². The van der Waals surface area contributed by atoms with Crippen LogP contribution in [0.1, 0.15) is 41.6 Å². The number of sulfonamides is 1. The third-order valence-corrected chi connectivity index (χ3v) is 10.7. The fraction of sp³-hybridized carbons (Fsp3) is 0.257. The monoisotopic (exact) mass is 656 g/mol. The minimum absolute atomic E-state index is 0.0113. The predicted molar refractivity (Wildman–Crippen MR) is 177 cm³/mol. The molecule has 4 unspecified atom stereocenters. The summed E-state index contributed by atoms with van der Waals surface area (Å²) in [5.74, 6) is 0.732. The lowest BCUT2D eigenvalue weighted by Gasteiger charge is -2.41. The van der Waals surface area contributed by atoms with Gasteiger partial charge in [0, 0.05) is 30.8 Å². The summed E-state index contributed by atoms with van der Waals surface area (Å²) < 4.78 is 43.2. The van der Waals surface area contributed by atoms with Crippen LogP contribution in [0.3, 0.4) is 0 Å². The number of hydrogen-bond acceptors (Lipinski definition) is 8. The van der Waals surface area contributed by atoms with E-state index in [0.29, 0.717) is 5.75 Å². The summed E-state index contributed by atoms with van der Waals surface area (Å²) in [6.45, 7) is 2.31. The Morgan fingerprint density at radius 2 is 1.61 bits per heavy atom. The summed E-state index contributed by atoms with van der Waals surface area (Å²) >= 11 is 1.60. The molecule has 11 heteroatoms. The highest BCUT2D eigenvalue weighted by Gasteiger charge is 2.38. The average molecular weight is 657 g/mol. The molecule has 0 bridgehead atoms. The molecule has 2 N–H and O–H groups in total. The molecule has 1 aliphatic rings. The highest BCUT2D eigenvalue weighted by molar-refractivity contribution is 7.99. The zero-order chi connectivity index (χ0) is 32.1. The normalized spacial score (nSPS) is 20.1. The van der Waals surface area contributed by atoms with Crippen molar-refractivity contribution in [3.63, 3.8) is 0 Å². The molecule has 4 atom stereocenters. The van der Waals surface area contributed by atoms with Crippen LogP contribution in [-0.4, -0.2) is 40.1 Å². The van der Waals surface area contributed by atoms with Crippen molar-refractivity contribution in [2.75, 3.05) is 5.75 Å². The van der Waals surface area contributed by atoms with Gasteiger partial charge in [0.2, 0.25) is 10.0 Å². The van der Waals surface area contributed by atoms with Gasteiger partial charge in [-0.05, 0) is 46.0 Å². The van der Waals surface area contributed by atoms with Gasteiger partial charge in [0.15, 0.2) is 11.4 Å². The molecule has 1 aromatic heterocycles. The zero-order valence-electron chi connectivity index (χ0n) is 25.6. The number of nitrogens with zero attached hydrogens (tertiary/aromatic N) is 3. The Labute approximate surface area is 273 Å². The number of nitrogens with one attached hydrogen (secondary N) is 1. The van der Waals surface area contributed by atoms with E-state index in [1.165, 1.54) is 0 Å². The van der Waals surface area contributed by atoms with Crippen molar-refractivity contribution in [3.8, 4) is 11.1 Å². The zero-order valence-corrected chi connectivity index (χ0v) is 27.2. The number of aliphatic hydroxyl groups is 1. The van der Waals surface area contributed by atoms with E-state index in [4.69, 9.17) is 9.47 Å². The first-order valence-electron chi connectivity index (χ1n) is 15.0. The third-order valence-electron chi connectivity index (χ3n) is 8.13. The van der Waals surface area contributed by atoms with E-state index >= 15 is 0 Å². The van der Waals surface area contributed by atoms with Crippen LogP contribution in [0, 0.1) is 5.92 Å². The molecule has 5 aromatic rings. The summed E-state index contributed by atoms with van der Waals surface area (Å²) in [5, 5.41) is 18.6. The summed E-state index contributed by atoms with van der Waals surface area (Å²) in [6.07, 6.45) is 0.758. The van der Waals surface area contributed by atoms with Crippen molar-refractivity contribution in [3.05, 3.63) is 132 Å². The van der Waals surface area contributed by atoms with Gasteiger partial charge in [0.25, 0.3) is 0 Å². The molecule has 0 amide bonds. The maximum Gasteiger partial charge on any atom is 0.240 e. The van der Waals surface area contributed by atoms with Crippen molar-refractivity contribution in [2.45, 2.75) is 48.6 Å². The third kappa shape index (κ3) is 7.41. The number of aryl methyl sites for hydroxylation is 1. The van der Waals surface area contributed by atoms with Gasteiger partial charge in [-0.3, -0.25) is 0 Å². The Morgan fingerprint density at radius 1 is 0.870 bits per heavy atom. The summed E-state index contributed by atoms with van der Waals surface area (Å²) in [7, 11) is -1.69. The van der Waals surface area contributed by atoms with Crippen LogP contribution in [-0.2, 0) is 39.7 Å². The molecule has 6 rings (SSSR count). The van der Waals surface area contributed by atoms with Crippen LogP contribution in [0.15, 0.2) is 120 Å². The highest BCUT2D eigenvalue weighted by Crippen LogP contribution is 2.43. The van der Waals surface area contributed by atoms with Crippen molar-refractivity contribution >= 4 is 21.8 Å². The van der Waals surface area contributed by atoms with E-state index in [1.807, 2.05) is 84.4 Å². The molecule has 1 fully saturated rings. The number of hydrogen-bond donors (Lipinski definition) is 2. The number of benzene rings is 4. The van der Waals surface area contributed by atoms with Crippen LogP contribution in [0.25, 0.3) is 11.1 Å². The molecular weight excluding hydrogens is 621 g/mol. The van der Waals surface area contributed by atoms with Crippen LogP contribution >= 0.6 is 11.8 Å². The Balaban J connectivity index is 1.19. The maximum atomic E-state index is 12.7. The number of aliphatic hydroxyl groups excluding tert-OH is 1. The van der Waals surface area contributed by atoms with Gasteiger partial charge >= 0.3 is 0 Å². The van der Waals surface area contributed by atoms with Crippen LogP contribution in [0.4, 0.5) is 0 Å². The first-order chi connectivity index (χ1) is 22.3. The van der Waals surface area contributed by atoms with E-state index in [0.717, 1.165) is 38.5 Å². The van der Waals surface area contributed by atoms with Gasteiger partial charge in [0.05, 0.1) is 23.7 Å². The van der Waals surface area contributed by atoms with Crippen LogP contribution < -0.4 is 4.72 Å². The van der Waals surface area contributed by atoms with Crippen LogP contribution in [0.2, 0.25) is 0 Å². The number of ether oxygens (including phenoxy) is 2. The lowest BCUT2D eigenvalue weighted by Crippen LogP contribution is -2.38. The molecule has 1 saturated heterocycles. The van der Waals surface area contributed by atoms with Crippen LogP contribution in [0.5, 0.6) is 0 Å². The SMILES string of the molecule is CC1C(CSc2nncn2C)OC(c2ccc(-c3cccc(CNS(=O)(=O)c4ccccc4)c3)cc2)OC1c1ccc(CO)cc1. The molecule has 4 aromatic carbocycles. The highest BCUT2D eigenvalue weighted by atomic mass is 32.2. The van der Waals surface area contributed by atoms with Gasteiger partial charge in [-0.15, -0.1) is 10.2 Å². The topological polar surface area (TPSA) is 116 Å². The molecule has 9 nitrogen and oxygen atoms in total. The molecule has 46 heavy (non-hydrogen) atoms. The van der Waals surface area contributed by atoms with Crippen molar-refractivity contribution < 1.29 is 23.0 Å². The molecule has 0 saturated carbocycles. The van der Waals surface area contributed by atoms with E-state index in [9.17, 15) is 13.5 Å². The number of rotatable bonds is 11. The quantitative estimate of drug-likeness (QED) is 0.166. The second-order valence-electron chi connectivity index (χ2n) is 11.3.